The van der Waals surface area contributed by atoms with Gasteiger partial charge in [-0.15, -0.1) is 0 Å². The second-order valence-electron chi connectivity index (χ2n) is 13.8. The number of carbonyl (C=O) groups excluding carboxylic acids is 1. The Balaban J connectivity index is 1.45. The summed E-state index contributed by atoms with van der Waals surface area (Å²) in [5.74, 6) is 1.75. The molecule has 6 rings (SSSR count). The molecule has 3 saturated carbocycles. The van der Waals surface area contributed by atoms with Crippen LogP contribution in [0.15, 0.2) is 36.4 Å². The first-order valence-corrected chi connectivity index (χ1v) is 15.7. The maximum atomic E-state index is 14.1. The Kier molecular flexibility index (Phi) is 9.12. The summed E-state index contributed by atoms with van der Waals surface area (Å²) in [6, 6.07) is 11.7. The second kappa shape index (κ2) is 12.4. The number of methoxy groups -OCH3 is 1. The number of amides is 1. The number of ether oxygens (including phenoxy) is 1. The molecular formula is C34H51N5O4. The van der Waals surface area contributed by atoms with Gasteiger partial charge in [-0.25, -0.2) is 0 Å². The standard InChI is InChI=1S/C34H51N5O4/c1-19-27-14-24(34(27,3)4)15-28(19)37-33(41)31-30(20(2)40)29(17-36)43-39(31)18-22-9-8-10-26(32(22)42-7)23-11-21(16-35)12-25(13-23)38(5)6/h8-13,19-20,24,27-31,40H,14-18,35-36H2,1-7H3,(H,37,41)/t19-,20-,24+,27-,28-,29-,30-,31-/m0/s1. The lowest BCUT2D eigenvalue weighted by atomic mass is 9.45. The van der Waals surface area contributed by atoms with E-state index in [0.717, 1.165) is 34.4 Å². The molecule has 236 valence electrons. The third-order valence-electron chi connectivity index (χ3n) is 10.8. The molecule has 3 aliphatic carbocycles. The Morgan fingerprint density at radius 2 is 1.98 bits per heavy atom. The van der Waals surface area contributed by atoms with Gasteiger partial charge in [0, 0.05) is 56.0 Å². The molecule has 4 aliphatic rings. The van der Waals surface area contributed by atoms with Gasteiger partial charge in [-0.2, -0.15) is 5.06 Å². The highest BCUT2D eigenvalue weighted by molar-refractivity contribution is 5.83. The van der Waals surface area contributed by atoms with E-state index in [1.165, 1.54) is 6.42 Å². The van der Waals surface area contributed by atoms with Crippen molar-refractivity contribution in [3.63, 3.8) is 0 Å². The zero-order valence-corrected chi connectivity index (χ0v) is 26.8. The summed E-state index contributed by atoms with van der Waals surface area (Å²) in [5, 5.41) is 16.0. The first-order chi connectivity index (χ1) is 20.4. The van der Waals surface area contributed by atoms with Gasteiger partial charge in [0.15, 0.2) is 0 Å². The number of nitrogens with two attached hydrogens (primary N) is 2. The predicted molar refractivity (Wildman–Crippen MR) is 170 cm³/mol. The van der Waals surface area contributed by atoms with E-state index in [1.807, 2.05) is 32.3 Å². The van der Waals surface area contributed by atoms with E-state index in [9.17, 15) is 9.90 Å². The molecular weight excluding hydrogens is 542 g/mol. The molecule has 2 aromatic rings. The smallest absolute Gasteiger partial charge is 0.240 e. The van der Waals surface area contributed by atoms with Crippen LogP contribution in [-0.4, -0.2) is 68.1 Å². The number of hydrogen-bond acceptors (Lipinski definition) is 8. The van der Waals surface area contributed by atoms with Gasteiger partial charge in [0.2, 0.25) is 5.91 Å². The summed E-state index contributed by atoms with van der Waals surface area (Å²) in [6.45, 7) is 9.62. The lowest BCUT2D eigenvalue weighted by Gasteiger charge is -2.62. The fraction of sp³-hybridized carbons (Fsp3) is 0.618. The number of nitrogens with one attached hydrogen (secondary N) is 1. The van der Waals surface area contributed by atoms with E-state index in [1.54, 1.807) is 19.1 Å². The van der Waals surface area contributed by atoms with E-state index in [0.29, 0.717) is 42.0 Å². The SMILES string of the molecule is COc1c(CN2O[C@@H](CN)[C@H]([C@H](C)O)[C@H]2C(=O)N[C@H]2C[C@H]3C[C@@H]([C@@H]2C)C3(C)C)cccc1-c1cc(CN)cc(N(C)C)c1. The van der Waals surface area contributed by atoms with Crippen molar-refractivity contribution in [2.75, 3.05) is 32.6 Å². The molecule has 1 heterocycles. The monoisotopic (exact) mass is 593 g/mol. The Morgan fingerprint density at radius 1 is 1.23 bits per heavy atom. The van der Waals surface area contributed by atoms with Gasteiger partial charge in [0.25, 0.3) is 0 Å². The Labute approximate surface area is 256 Å². The molecule has 9 nitrogen and oxygen atoms in total. The minimum absolute atomic E-state index is 0.108. The van der Waals surface area contributed by atoms with Crippen molar-refractivity contribution in [2.45, 2.75) is 77.9 Å². The number of carbonyl (C=O) groups is 1. The number of para-hydroxylation sites is 1. The molecule has 1 saturated heterocycles. The van der Waals surface area contributed by atoms with Crippen LogP contribution >= 0.6 is 0 Å². The van der Waals surface area contributed by atoms with Crippen LogP contribution < -0.4 is 26.4 Å². The summed E-state index contributed by atoms with van der Waals surface area (Å²) < 4.78 is 6.01. The Hall–Kier alpha value is -2.69. The van der Waals surface area contributed by atoms with Crippen LogP contribution in [0.3, 0.4) is 0 Å². The number of benzene rings is 2. The van der Waals surface area contributed by atoms with Crippen LogP contribution in [0.25, 0.3) is 11.1 Å². The van der Waals surface area contributed by atoms with Crippen LogP contribution in [0.2, 0.25) is 0 Å². The average molecular weight is 594 g/mol. The fourth-order valence-corrected chi connectivity index (χ4v) is 8.08. The molecule has 9 heteroatoms. The predicted octanol–water partition coefficient (Wildman–Crippen LogP) is 3.51. The van der Waals surface area contributed by atoms with Crippen molar-refractivity contribution in [2.24, 2.45) is 40.6 Å². The van der Waals surface area contributed by atoms with Gasteiger partial charge < -0.3 is 31.5 Å². The van der Waals surface area contributed by atoms with E-state index >= 15 is 0 Å². The number of nitrogens with zero attached hydrogens (tertiary/aromatic N) is 2. The topological polar surface area (TPSA) is 126 Å². The molecule has 2 aromatic carbocycles. The van der Waals surface area contributed by atoms with Crippen LogP contribution in [0.4, 0.5) is 5.69 Å². The summed E-state index contributed by atoms with van der Waals surface area (Å²) in [5.41, 5.74) is 17.4. The molecule has 8 atom stereocenters. The number of anilines is 1. The van der Waals surface area contributed by atoms with Crippen molar-refractivity contribution in [1.82, 2.24) is 10.4 Å². The first-order valence-electron chi connectivity index (χ1n) is 15.7. The molecule has 4 fully saturated rings. The van der Waals surface area contributed by atoms with Crippen molar-refractivity contribution in [1.29, 1.82) is 0 Å². The molecule has 0 aromatic heterocycles. The number of fused-ring (bicyclic) bond motifs is 2. The van der Waals surface area contributed by atoms with Gasteiger partial charge in [-0.3, -0.25) is 9.63 Å². The summed E-state index contributed by atoms with van der Waals surface area (Å²) >= 11 is 0. The van der Waals surface area contributed by atoms with Gasteiger partial charge in [0.1, 0.15) is 11.8 Å². The maximum absolute atomic E-state index is 14.1. The van der Waals surface area contributed by atoms with Crippen LogP contribution in [0.1, 0.15) is 51.7 Å². The van der Waals surface area contributed by atoms with E-state index in [2.05, 4.69) is 49.2 Å². The number of aliphatic hydroxyl groups is 1. The number of aliphatic hydroxyl groups excluding tert-OH is 1. The minimum atomic E-state index is -0.776. The zero-order chi connectivity index (χ0) is 31.2. The molecule has 6 N–H and O–H groups in total. The van der Waals surface area contributed by atoms with Gasteiger partial charge in [-0.05, 0) is 72.3 Å². The van der Waals surface area contributed by atoms with Crippen molar-refractivity contribution >= 4 is 11.6 Å². The zero-order valence-electron chi connectivity index (χ0n) is 26.8. The lowest BCUT2D eigenvalue weighted by molar-refractivity contribution is -0.175. The van der Waals surface area contributed by atoms with E-state index < -0.39 is 24.2 Å². The third-order valence-corrected chi connectivity index (χ3v) is 10.8. The van der Waals surface area contributed by atoms with Gasteiger partial charge in [0.05, 0.1) is 25.9 Å². The first kappa shape index (κ1) is 31.7. The highest BCUT2D eigenvalue weighted by atomic mass is 16.7. The molecule has 0 spiro atoms. The van der Waals surface area contributed by atoms with Crippen LogP contribution in [0.5, 0.6) is 5.75 Å². The highest BCUT2D eigenvalue weighted by Crippen LogP contribution is 2.61. The number of rotatable bonds is 10. The number of hydroxylamine groups is 2. The molecule has 0 unspecified atom stereocenters. The Bertz CT molecular complexity index is 1310. The highest BCUT2D eigenvalue weighted by Gasteiger charge is 2.57. The maximum Gasteiger partial charge on any atom is 0.240 e. The number of hydrogen-bond donors (Lipinski definition) is 4. The average Bonchev–Trinajstić information content (AvgIpc) is 3.36. The van der Waals surface area contributed by atoms with Crippen molar-refractivity contribution < 1.29 is 19.5 Å². The van der Waals surface area contributed by atoms with E-state index in [4.69, 9.17) is 21.0 Å². The van der Waals surface area contributed by atoms with E-state index in [-0.39, 0.29) is 18.5 Å². The quantitative estimate of drug-likeness (QED) is 0.330. The normalized spacial score (nSPS) is 30.4. The minimum Gasteiger partial charge on any atom is -0.496 e. The molecule has 1 amide bonds. The summed E-state index contributed by atoms with van der Waals surface area (Å²) in [7, 11) is 5.68. The molecule has 43 heavy (non-hydrogen) atoms. The largest absolute Gasteiger partial charge is 0.496 e. The van der Waals surface area contributed by atoms with Crippen molar-refractivity contribution in [3.8, 4) is 16.9 Å². The summed E-state index contributed by atoms with van der Waals surface area (Å²) in [4.78, 5) is 22.5. The van der Waals surface area contributed by atoms with Crippen LogP contribution in [-0.2, 0) is 22.7 Å². The Morgan fingerprint density at radius 3 is 2.56 bits per heavy atom. The van der Waals surface area contributed by atoms with Crippen molar-refractivity contribution in [3.05, 3.63) is 47.5 Å². The lowest BCUT2D eigenvalue weighted by Crippen LogP contribution is -2.62. The summed E-state index contributed by atoms with van der Waals surface area (Å²) in [6.07, 6.45) is 0.966. The molecule has 1 aliphatic heterocycles. The fourth-order valence-electron chi connectivity index (χ4n) is 8.08. The van der Waals surface area contributed by atoms with Crippen LogP contribution in [0, 0.1) is 29.1 Å². The van der Waals surface area contributed by atoms with Gasteiger partial charge in [-0.1, -0.05) is 39.0 Å². The molecule has 0 radical (unpaired) electrons. The second-order valence-corrected chi connectivity index (χ2v) is 13.8. The molecule has 2 bridgehead atoms. The third kappa shape index (κ3) is 5.78. The van der Waals surface area contributed by atoms with Gasteiger partial charge >= 0.3 is 0 Å².